The van der Waals surface area contributed by atoms with E-state index in [1.807, 2.05) is 15.7 Å². The summed E-state index contributed by atoms with van der Waals surface area (Å²) in [6, 6.07) is 0. The largest absolute Gasteiger partial charge is 0.341 e. The molecule has 2 rings (SSSR count). The minimum atomic E-state index is 0.208. The quantitative estimate of drug-likeness (QED) is 0.729. The van der Waals surface area contributed by atoms with E-state index in [-0.39, 0.29) is 5.91 Å². The first-order chi connectivity index (χ1) is 7.25. The van der Waals surface area contributed by atoms with Crippen LogP contribution in [0.1, 0.15) is 19.8 Å². The van der Waals surface area contributed by atoms with E-state index in [0.717, 1.165) is 31.8 Å². The molecule has 1 aromatic rings. The summed E-state index contributed by atoms with van der Waals surface area (Å²) in [5.41, 5.74) is 0. The molecule has 1 aliphatic heterocycles. The van der Waals surface area contributed by atoms with Gasteiger partial charge in [-0.05, 0) is 18.8 Å². The smallest absolute Gasteiger partial charge is 0.242 e. The van der Waals surface area contributed by atoms with Crippen LogP contribution in [-0.4, -0.2) is 33.4 Å². The normalized spacial score (nSPS) is 18.1. The highest BCUT2D eigenvalue weighted by Crippen LogP contribution is 2.16. The lowest BCUT2D eigenvalue weighted by Crippen LogP contribution is -2.39. The minimum Gasteiger partial charge on any atom is -0.341 e. The molecule has 4 nitrogen and oxygen atoms in total. The van der Waals surface area contributed by atoms with Crippen molar-refractivity contribution in [2.24, 2.45) is 5.92 Å². The fraction of sp³-hybridized carbons (Fsp3) is 0.636. The van der Waals surface area contributed by atoms with E-state index in [1.165, 1.54) is 0 Å². The Morgan fingerprint density at radius 1 is 1.47 bits per heavy atom. The number of carbonyl (C=O) groups is 1. The average Bonchev–Trinajstić information content (AvgIpc) is 2.71. The zero-order chi connectivity index (χ0) is 10.7. The molecule has 1 aliphatic rings. The predicted molar refractivity (Wildman–Crippen MR) is 57.2 cm³/mol. The summed E-state index contributed by atoms with van der Waals surface area (Å²) < 4.78 is 1.82. The van der Waals surface area contributed by atoms with Gasteiger partial charge in [-0.1, -0.05) is 6.92 Å². The van der Waals surface area contributed by atoms with Crippen molar-refractivity contribution in [2.75, 3.05) is 13.1 Å². The van der Waals surface area contributed by atoms with Gasteiger partial charge in [0.1, 0.15) is 6.54 Å². The lowest BCUT2D eigenvalue weighted by Gasteiger charge is -2.30. The Morgan fingerprint density at radius 3 is 2.80 bits per heavy atom. The highest BCUT2D eigenvalue weighted by atomic mass is 16.2. The van der Waals surface area contributed by atoms with E-state index in [2.05, 4.69) is 11.9 Å². The van der Waals surface area contributed by atoms with Crippen LogP contribution in [-0.2, 0) is 11.3 Å². The van der Waals surface area contributed by atoms with Crippen LogP contribution < -0.4 is 0 Å². The molecule has 2 heterocycles. The fourth-order valence-electron chi connectivity index (χ4n) is 1.89. The lowest BCUT2D eigenvalue weighted by molar-refractivity contribution is -0.133. The van der Waals surface area contributed by atoms with Gasteiger partial charge in [0.2, 0.25) is 5.91 Å². The van der Waals surface area contributed by atoms with Gasteiger partial charge in [0.15, 0.2) is 0 Å². The van der Waals surface area contributed by atoms with E-state index in [4.69, 9.17) is 0 Å². The topological polar surface area (TPSA) is 38.1 Å². The van der Waals surface area contributed by atoms with Gasteiger partial charge in [0.05, 0.1) is 6.33 Å². The van der Waals surface area contributed by atoms with E-state index in [1.54, 1.807) is 12.5 Å². The number of imidazole rings is 1. The van der Waals surface area contributed by atoms with Crippen molar-refractivity contribution in [2.45, 2.75) is 26.3 Å². The molecule has 1 fully saturated rings. The second-order valence-electron chi connectivity index (χ2n) is 4.30. The molecule has 0 aliphatic carbocycles. The van der Waals surface area contributed by atoms with Crippen LogP contribution in [0.4, 0.5) is 0 Å². The number of hydrogen-bond acceptors (Lipinski definition) is 2. The molecule has 0 aromatic carbocycles. The second kappa shape index (κ2) is 4.47. The number of hydrogen-bond donors (Lipinski definition) is 0. The Balaban J connectivity index is 1.86. The zero-order valence-electron chi connectivity index (χ0n) is 9.09. The third-order valence-corrected chi connectivity index (χ3v) is 3.01. The summed E-state index contributed by atoms with van der Waals surface area (Å²) in [7, 11) is 0. The van der Waals surface area contributed by atoms with Crippen LogP contribution in [0.3, 0.4) is 0 Å². The van der Waals surface area contributed by atoms with Gasteiger partial charge in [0.25, 0.3) is 0 Å². The number of piperidine rings is 1. The van der Waals surface area contributed by atoms with Gasteiger partial charge < -0.3 is 9.47 Å². The highest BCUT2D eigenvalue weighted by molar-refractivity contribution is 5.76. The van der Waals surface area contributed by atoms with Crippen LogP contribution in [0.2, 0.25) is 0 Å². The fourth-order valence-corrected chi connectivity index (χ4v) is 1.89. The molecule has 0 saturated carbocycles. The summed E-state index contributed by atoms with van der Waals surface area (Å²) in [5.74, 6) is 0.974. The first-order valence-corrected chi connectivity index (χ1v) is 5.49. The van der Waals surface area contributed by atoms with Gasteiger partial charge >= 0.3 is 0 Å². The maximum absolute atomic E-state index is 11.8. The van der Waals surface area contributed by atoms with Gasteiger partial charge in [0, 0.05) is 25.5 Å². The maximum Gasteiger partial charge on any atom is 0.242 e. The van der Waals surface area contributed by atoms with Crippen molar-refractivity contribution < 1.29 is 4.79 Å². The summed E-state index contributed by atoms with van der Waals surface area (Å²) in [4.78, 5) is 17.7. The van der Waals surface area contributed by atoms with Crippen molar-refractivity contribution in [3.8, 4) is 0 Å². The molecule has 1 aromatic heterocycles. The number of nitrogens with zero attached hydrogens (tertiary/aromatic N) is 3. The molecule has 0 radical (unpaired) electrons. The third kappa shape index (κ3) is 2.58. The van der Waals surface area contributed by atoms with Crippen molar-refractivity contribution in [1.82, 2.24) is 14.5 Å². The molecule has 4 heteroatoms. The Kier molecular flexibility index (Phi) is 3.04. The van der Waals surface area contributed by atoms with E-state index in [0.29, 0.717) is 6.54 Å². The van der Waals surface area contributed by atoms with Crippen molar-refractivity contribution >= 4 is 5.91 Å². The summed E-state index contributed by atoms with van der Waals surface area (Å²) in [6.07, 6.45) is 7.48. The molecule has 0 spiro atoms. The number of aromatic nitrogens is 2. The van der Waals surface area contributed by atoms with Crippen LogP contribution in [0.15, 0.2) is 18.7 Å². The molecule has 1 amide bonds. The van der Waals surface area contributed by atoms with Crippen LogP contribution in [0.25, 0.3) is 0 Å². The molecule has 0 atom stereocenters. The molecule has 1 saturated heterocycles. The van der Waals surface area contributed by atoms with Crippen LogP contribution in [0.5, 0.6) is 0 Å². The predicted octanol–water partition coefficient (Wildman–Crippen LogP) is 1.14. The highest BCUT2D eigenvalue weighted by Gasteiger charge is 2.19. The lowest BCUT2D eigenvalue weighted by atomic mass is 9.99. The first kappa shape index (κ1) is 10.2. The molecular weight excluding hydrogens is 190 g/mol. The Hall–Kier alpha value is -1.32. The molecule has 0 N–H and O–H groups in total. The molecule has 0 unspecified atom stereocenters. The monoisotopic (exact) mass is 207 g/mol. The molecular formula is C11H17N3O. The Labute approximate surface area is 89.9 Å². The number of likely N-dealkylation sites (tertiary alicyclic amines) is 1. The second-order valence-corrected chi connectivity index (χ2v) is 4.30. The van der Waals surface area contributed by atoms with Gasteiger partial charge in [-0.15, -0.1) is 0 Å². The number of rotatable bonds is 2. The number of carbonyl (C=O) groups excluding carboxylic acids is 1. The van der Waals surface area contributed by atoms with Crippen LogP contribution >= 0.6 is 0 Å². The Morgan fingerprint density at radius 2 is 2.20 bits per heavy atom. The van der Waals surface area contributed by atoms with Gasteiger partial charge in [-0.3, -0.25) is 4.79 Å². The third-order valence-electron chi connectivity index (χ3n) is 3.01. The van der Waals surface area contributed by atoms with Crippen LogP contribution in [0, 0.1) is 5.92 Å². The minimum absolute atomic E-state index is 0.208. The number of amides is 1. The molecule has 15 heavy (non-hydrogen) atoms. The van der Waals surface area contributed by atoms with Gasteiger partial charge in [-0.25, -0.2) is 4.98 Å². The van der Waals surface area contributed by atoms with Crippen molar-refractivity contribution in [3.63, 3.8) is 0 Å². The Bertz CT molecular complexity index is 313. The zero-order valence-corrected chi connectivity index (χ0v) is 9.09. The van der Waals surface area contributed by atoms with Crippen molar-refractivity contribution in [1.29, 1.82) is 0 Å². The SMILES string of the molecule is CC1CCN(C(=O)Cn2ccnc2)CC1. The maximum atomic E-state index is 11.8. The standard InChI is InChI=1S/C11H17N3O/c1-10-2-5-14(6-3-10)11(15)8-13-7-4-12-9-13/h4,7,9-10H,2-3,5-6,8H2,1H3. The average molecular weight is 207 g/mol. The van der Waals surface area contributed by atoms with Gasteiger partial charge in [-0.2, -0.15) is 0 Å². The first-order valence-electron chi connectivity index (χ1n) is 5.49. The summed E-state index contributed by atoms with van der Waals surface area (Å²) >= 11 is 0. The van der Waals surface area contributed by atoms with E-state index >= 15 is 0 Å². The van der Waals surface area contributed by atoms with E-state index < -0.39 is 0 Å². The summed E-state index contributed by atoms with van der Waals surface area (Å²) in [5, 5.41) is 0. The molecule has 82 valence electrons. The summed E-state index contributed by atoms with van der Waals surface area (Å²) in [6.45, 7) is 4.50. The molecule has 0 bridgehead atoms. The van der Waals surface area contributed by atoms with Crippen molar-refractivity contribution in [3.05, 3.63) is 18.7 Å². The van der Waals surface area contributed by atoms with E-state index in [9.17, 15) is 4.79 Å².